The van der Waals surface area contributed by atoms with E-state index in [0.29, 0.717) is 11.0 Å². The van der Waals surface area contributed by atoms with Crippen molar-refractivity contribution in [3.8, 4) is 17.2 Å². The van der Waals surface area contributed by atoms with Crippen LogP contribution in [-0.2, 0) is 4.66 Å². The minimum atomic E-state index is -6.09. The summed E-state index contributed by atoms with van der Waals surface area (Å²) in [7, 11) is -16.2. The molecule has 0 atom stereocenters. The smallest absolute Gasteiger partial charge is 0.220 e. The Morgan fingerprint density at radius 1 is 0.508 bits per heavy atom. The molecule has 0 saturated carbocycles. The Kier molecular flexibility index (Phi) is 6.45. The van der Waals surface area contributed by atoms with Gasteiger partial charge in [-0.1, -0.05) is 159 Å². The van der Waals surface area contributed by atoms with E-state index >= 15 is 0 Å². The van der Waals surface area contributed by atoms with Crippen molar-refractivity contribution in [1.29, 1.82) is 0 Å². The molecule has 6 nitrogen and oxygen atoms in total. The second-order valence-corrected chi connectivity index (χ2v) is 26.6. The Morgan fingerprint density at radius 3 is 1.74 bits per heavy atom. The highest BCUT2D eigenvalue weighted by atomic mass is 28.4. The fraction of sp³-hybridized carbons (Fsp3) is 0.0893. The maximum atomic E-state index is 9.93. The van der Waals surface area contributed by atoms with Gasteiger partial charge in [0.2, 0.25) is 5.78 Å². The number of para-hydroxylation sites is 6. The monoisotopic (exact) mass is 905 g/mol. The SMILES string of the molecule is [2H]C([2H])([2H])[Si](c1ccoc1)(C([2H])([2H])[2H])C1([Si](c2ccoc2)(C([2H])([2H])[2H])C([2H])([2H])[2H])c2ccccc2Oc2c1cccc2[Si](c1ccccc1)(c1ccccc1)c1cccc(-n2c3ccccc3n3c4ccccc4nc23)c1. The second kappa shape index (κ2) is 14.7. The number of furan rings is 2. The van der Waals surface area contributed by atoms with Crippen LogP contribution in [0.5, 0.6) is 11.5 Å². The molecule has 0 saturated heterocycles. The first-order valence-corrected chi connectivity index (χ1v) is 27.3. The van der Waals surface area contributed by atoms with Gasteiger partial charge in [0.1, 0.15) is 11.5 Å². The topological polar surface area (TPSA) is 57.7 Å². The van der Waals surface area contributed by atoms with Crippen LogP contribution >= 0.6 is 0 Å². The van der Waals surface area contributed by atoms with Crippen molar-refractivity contribution in [1.82, 2.24) is 14.0 Å². The van der Waals surface area contributed by atoms with Crippen LogP contribution < -0.4 is 35.9 Å². The van der Waals surface area contributed by atoms with Crippen molar-refractivity contribution in [3.05, 3.63) is 224 Å². The third-order valence-electron chi connectivity index (χ3n) is 13.4. The second-order valence-electron chi connectivity index (χ2n) is 16.6. The summed E-state index contributed by atoms with van der Waals surface area (Å²) in [6.07, 6.45) is 4.40. The number of hydrogen-bond donors (Lipinski definition) is 0. The van der Waals surface area contributed by atoms with E-state index in [2.05, 4.69) is 21.1 Å². The van der Waals surface area contributed by atoms with E-state index in [1.54, 1.807) is 12.1 Å². The van der Waals surface area contributed by atoms with Gasteiger partial charge < -0.3 is 13.6 Å². The predicted molar refractivity (Wildman–Crippen MR) is 272 cm³/mol. The molecule has 65 heavy (non-hydrogen) atoms. The minimum absolute atomic E-state index is 0.0352. The highest BCUT2D eigenvalue weighted by Crippen LogP contribution is 2.56. The zero-order valence-electron chi connectivity index (χ0n) is 46.8. The quantitative estimate of drug-likeness (QED) is 0.107. The summed E-state index contributed by atoms with van der Waals surface area (Å²) < 4.78 is 139. The van der Waals surface area contributed by atoms with Gasteiger partial charge in [-0.25, -0.2) is 4.98 Å². The zero-order valence-corrected chi connectivity index (χ0v) is 37.8. The average Bonchev–Trinajstić information content (AvgIpc) is 4.41. The van der Waals surface area contributed by atoms with Crippen LogP contribution in [0.2, 0.25) is 25.9 Å². The normalized spacial score (nSPS) is 17.3. The minimum Gasteiger partial charge on any atom is -0.473 e. The summed E-state index contributed by atoms with van der Waals surface area (Å²) >= 11 is 0. The number of ether oxygens (including phenoxy) is 1. The molecule has 316 valence electrons. The average molecular weight is 906 g/mol. The maximum absolute atomic E-state index is 9.93. The van der Waals surface area contributed by atoms with Crippen LogP contribution in [0.15, 0.2) is 222 Å². The lowest BCUT2D eigenvalue weighted by Crippen LogP contribution is -2.77. The van der Waals surface area contributed by atoms with Gasteiger partial charge in [-0.3, -0.25) is 8.97 Å². The van der Waals surface area contributed by atoms with Crippen LogP contribution in [0.25, 0.3) is 33.5 Å². The molecule has 7 aromatic carbocycles. The lowest BCUT2D eigenvalue weighted by molar-refractivity contribution is 0.453. The maximum Gasteiger partial charge on any atom is 0.220 e. The Hall–Kier alpha value is -7.18. The molecule has 0 amide bonds. The molecular weight excluding hydrogens is 847 g/mol. The zero-order chi connectivity index (χ0) is 54.0. The molecule has 12 rings (SSSR count). The largest absolute Gasteiger partial charge is 0.473 e. The van der Waals surface area contributed by atoms with Gasteiger partial charge in [0, 0.05) is 37.9 Å². The molecule has 1 aliphatic rings. The van der Waals surface area contributed by atoms with Crippen molar-refractivity contribution in [2.24, 2.45) is 0 Å². The highest BCUT2D eigenvalue weighted by Gasteiger charge is 2.65. The molecule has 5 heterocycles. The van der Waals surface area contributed by atoms with Gasteiger partial charge in [-0.05, 0) is 85.7 Å². The molecule has 0 radical (unpaired) electrons. The van der Waals surface area contributed by atoms with E-state index in [1.807, 2.05) is 127 Å². The Morgan fingerprint density at radius 2 is 1.08 bits per heavy atom. The number of aromatic nitrogens is 3. The number of imidazole rings is 2. The molecule has 0 bridgehead atoms. The van der Waals surface area contributed by atoms with Crippen molar-refractivity contribution in [2.45, 2.75) is 30.6 Å². The Labute approximate surface area is 397 Å². The predicted octanol–water partition coefficient (Wildman–Crippen LogP) is 9.70. The van der Waals surface area contributed by atoms with E-state index in [-0.39, 0.29) is 33.0 Å². The van der Waals surface area contributed by atoms with E-state index in [0.717, 1.165) is 68.4 Å². The number of benzene rings is 7. The first kappa shape index (κ1) is 28.6. The lowest BCUT2D eigenvalue weighted by atomic mass is 9.98. The summed E-state index contributed by atoms with van der Waals surface area (Å²) in [5.74, 6) is 0.551. The van der Waals surface area contributed by atoms with Crippen molar-refractivity contribution in [2.75, 3.05) is 0 Å². The number of fused-ring (bicyclic) bond motifs is 7. The molecule has 0 unspecified atom stereocenters. The third-order valence-corrected chi connectivity index (χ3v) is 26.1. The Bertz CT molecular complexity index is 3870. The van der Waals surface area contributed by atoms with E-state index in [4.69, 9.17) is 18.6 Å². The molecule has 0 fully saturated rings. The van der Waals surface area contributed by atoms with Crippen molar-refractivity contribution in [3.63, 3.8) is 0 Å². The third kappa shape index (κ3) is 5.40. The van der Waals surface area contributed by atoms with E-state index in [9.17, 15) is 16.4 Å². The van der Waals surface area contributed by atoms with Crippen LogP contribution in [-0.4, -0.2) is 38.2 Å². The van der Waals surface area contributed by atoms with Gasteiger partial charge in [0.05, 0.1) is 63.3 Å². The Balaban J connectivity index is 1.31. The summed E-state index contributed by atoms with van der Waals surface area (Å²) in [6, 6.07) is 57.5. The lowest BCUT2D eigenvalue weighted by Gasteiger charge is -2.57. The molecule has 4 aromatic heterocycles. The summed E-state index contributed by atoms with van der Waals surface area (Å²) in [6.45, 7) is -14.4. The molecule has 1 aliphatic heterocycles. The van der Waals surface area contributed by atoms with E-state index < -0.39 is 54.8 Å². The molecule has 11 aromatic rings. The summed E-state index contributed by atoms with van der Waals surface area (Å²) in [5.41, 5.74) is 3.96. The molecule has 0 N–H and O–H groups in total. The van der Waals surface area contributed by atoms with Crippen LogP contribution in [0, 0.1) is 0 Å². The molecule has 9 heteroatoms. The number of nitrogens with zero attached hydrogens (tertiary/aromatic N) is 3. The van der Waals surface area contributed by atoms with Crippen LogP contribution in [0.4, 0.5) is 0 Å². The number of rotatable bonds is 9. The van der Waals surface area contributed by atoms with Gasteiger partial charge in [-0.15, -0.1) is 0 Å². The molecule has 0 aliphatic carbocycles. The van der Waals surface area contributed by atoms with Crippen LogP contribution in [0.3, 0.4) is 0 Å². The summed E-state index contributed by atoms with van der Waals surface area (Å²) in [4.78, 5) is 5.19. The van der Waals surface area contributed by atoms with E-state index in [1.165, 1.54) is 36.4 Å². The van der Waals surface area contributed by atoms with Gasteiger partial charge in [0.25, 0.3) is 0 Å². The summed E-state index contributed by atoms with van der Waals surface area (Å²) in [5, 5.41) is 2.32. The fourth-order valence-electron chi connectivity index (χ4n) is 10.7. The van der Waals surface area contributed by atoms with Gasteiger partial charge in [0.15, 0.2) is 8.07 Å². The van der Waals surface area contributed by atoms with Gasteiger partial charge in [-0.2, -0.15) is 0 Å². The molecular formula is C56H47N3O3Si3. The van der Waals surface area contributed by atoms with Crippen molar-refractivity contribution >= 4 is 83.2 Å². The number of hydrogen-bond acceptors (Lipinski definition) is 4. The highest BCUT2D eigenvalue weighted by molar-refractivity contribution is 7.20. The molecule has 0 spiro atoms. The first-order valence-electron chi connectivity index (χ1n) is 27.3. The van der Waals surface area contributed by atoms with Crippen LogP contribution in [0.1, 0.15) is 27.6 Å². The standard InChI is InChI=1S/C56H47N3O3Si3/c1-63(2,44-33-35-60-38-44)56(64(3,4)45-34-36-61-39-45)46-25-11-16-31-52(46)62-54-47(56)26-18-32-53(54)65(41-20-7-5-8-21-41,42-22-9-6-10-23-42)43-24-17-19-40(37-43)58-50-29-14-15-30-51(50)59-49-28-13-12-27-48(49)57-55(58)59/h5-39H,1-4H3/i1D3,2D3,3D3,4D3. The first-order chi connectivity index (χ1) is 36.8. The van der Waals surface area contributed by atoms with Crippen molar-refractivity contribution < 1.29 is 30.0 Å². The fourth-order valence-corrected chi connectivity index (χ4v) is 23.1. The van der Waals surface area contributed by atoms with Gasteiger partial charge >= 0.3 is 0 Å².